The van der Waals surface area contributed by atoms with Gasteiger partial charge in [-0.3, -0.25) is 4.79 Å². The summed E-state index contributed by atoms with van der Waals surface area (Å²) < 4.78 is 16.1. The third kappa shape index (κ3) is 4.31. The molecule has 0 saturated carbocycles. The number of carbonyl (C=O) groups is 1. The van der Waals surface area contributed by atoms with Gasteiger partial charge in [0.2, 0.25) is 5.75 Å². The van der Waals surface area contributed by atoms with Crippen LogP contribution in [-0.2, 0) is 12.8 Å². The van der Waals surface area contributed by atoms with E-state index in [0.717, 1.165) is 35.2 Å². The molecule has 1 aliphatic carbocycles. The number of nitrogens with zero attached hydrogens (tertiary/aromatic N) is 1. The van der Waals surface area contributed by atoms with E-state index in [1.807, 2.05) is 0 Å². The van der Waals surface area contributed by atoms with E-state index in [2.05, 4.69) is 32.2 Å². The second-order valence-electron chi connectivity index (χ2n) is 9.47. The number of rotatable bonds is 5. The monoisotopic (exact) mass is 469 g/mol. The third-order valence-electron chi connectivity index (χ3n) is 6.44. The molecule has 8 heteroatoms. The second kappa shape index (κ2) is 8.74. The Balaban J connectivity index is 1.66. The topological polar surface area (TPSA) is 95.7 Å². The summed E-state index contributed by atoms with van der Waals surface area (Å²) in [5.74, 6) is 1.68. The van der Waals surface area contributed by atoms with Gasteiger partial charge in [-0.25, -0.2) is 4.98 Å². The van der Waals surface area contributed by atoms with Gasteiger partial charge >= 0.3 is 0 Å². The molecule has 0 spiro atoms. The molecular weight excluding hydrogens is 438 g/mol. The van der Waals surface area contributed by atoms with Crippen LogP contribution in [0.2, 0.25) is 0 Å². The average molecular weight is 470 g/mol. The zero-order chi connectivity index (χ0) is 23.9. The molecular formula is C25H31N3O4S. The molecule has 7 nitrogen and oxygen atoms in total. The van der Waals surface area contributed by atoms with Gasteiger partial charge in [0.1, 0.15) is 9.71 Å². The van der Waals surface area contributed by atoms with Crippen LogP contribution in [-0.4, -0.2) is 32.2 Å². The normalized spacial score (nSPS) is 15.8. The molecule has 3 N–H and O–H groups in total. The number of fused-ring (bicyclic) bond motifs is 2. The number of anilines is 2. The molecule has 3 aromatic rings. The summed E-state index contributed by atoms with van der Waals surface area (Å²) in [5.41, 5.74) is 10.1. The molecule has 4 rings (SSSR count). The predicted octanol–water partition coefficient (Wildman–Crippen LogP) is 5.31. The zero-order valence-electron chi connectivity index (χ0n) is 20.0. The summed E-state index contributed by atoms with van der Waals surface area (Å²) in [5, 5.41) is 3.76. The lowest BCUT2D eigenvalue weighted by Gasteiger charge is -2.34. The molecule has 0 saturated heterocycles. The first-order chi connectivity index (χ1) is 15.7. The van der Waals surface area contributed by atoms with Crippen molar-refractivity contribution >= 4 is 38.8 Å². The number of nitrogen functional groups attached to an aromatic ring is 1. The molecule has 1 aromatic carbocycles. The van der Waals surface area contributed by atoms with Crippen LogP contribution < -0.4 is 25.3 Å². The number of ether oxygens (including phenoxy) is 3. The van der Waals surface area contributed by atoms with E-state index in [0.29, 0.717) is 39.4 Å². The van der Waals surface area contributed by atoms with Crippen LogP contribution in [0.25, 0.3) is 10.2 Å². The number of benzene rings is 1. The summed E-state index contributed by atoms with van der Waals surface area (Å²) in [7, 11) is 4.60. The van der Waals surface area contributed by atoms with Gasteiger partial charge in [0.15, 0.2) is 11.5 Å². The van der Waals surface area contributed by atoms with Crippen LogP contribution in [0.15, 0.2) is 18.2 Å². The lowest BCUT2D eigenvalue weighted by Crippen LogP contribution is -2.27. The summed E-state index contributed by atoms with van der Waals surface area (Å²) >= 11 is 1.32. The molecule has 33 heavy (non-hydrogen) atoms. The lowest BCUT2D eigenvalue weighted by atomic mass is 9.71. The van der Waals surface area contributed by atoms with Crippen LogP contribution in [0.1, 0.15) is 48.1 Å². The van der Waals surface area contributed by atoms with Crippen LogP contribution in [0, 0.1) is 11.3 Å². The molecule has 176 valence electrons. The second-order valence-corrected chi connectivity index (χ2v) is 10.5. The number of aryl methyl sites for hydroxylation is 1. The van der Waals surface area contributed by atoms with E-state index in [1.165, 1.54) is 38.2 Å². The Kier molecular flexibility index (Phi) is 6.14. The number of aromatic nitrogens is 1. The van der Waals surface area contributed by atoms with Gasteiger partial charge in [0.05, 0.1) is 27.0 Å². The van der Waals surface area contributed by atoms with Crippen molar-refractivity contribution < 1.29 is 19.0 Å². The van der Waals surface area contributed by atoms with Gasteiger partial charge in [0, 0.05) is 28.9 Å². The lowest BCUT2D eigenvalue weighted by molar-refractivity contribution is 0.103. The molecule has 1 aliphatic rings. The fourth-order valence-corrected chi connectivity index (χ4v) is 5.43. The first-order valence-electron chi connectivity index (χ1n) is 11.0. The maximum Gasteiger partial charge on any atom is 0.267 e. The third-order valence-corrected chi connectivity index (χ3v) is 7.55. The number of amides is 1. The summed E-state index contributed by atoms with van der Waals surface area (Å²) in [4.78, 5) is 19.3. The van der Waals surface area contributed by atoms with Crippen molar-refractivity contribution in [3.05, 3.63) is 34.3 Å². The smallest absolute Gasteiger partial charge is 0.267 e. The number of hydrogen-bond acceptors (Lipinski definition) is 7. The number of carbonyl (C=O) groups excluding carboxylic acids is 1. The summed E-state index contributed by atoms with van der Waals surface area (Å²) in [6, 6.07) is 5.51. The van der Waals surface area contributed by atoms with Gasteiger partial charge in [0.25, 0.3) is 5.91 Å². The van der Waals surface area contributed by atoms with Gasteiger partial charge < -0.3 is 25.3 Å². The highest BCUT2D eigenvalue weighted by atomic mass is 32.1. The van der Waals surface area contributed by atoms with E-state index in [1.54, 1.807) is 12.1 Å². The van der Waals surface area contributed by atoms with Crippen molar-refractivity contribution in [1.82, 2.24) is 4.98 Å². The van der Waals surface area contributed by atoms with Gasteiger partial charge in [-0.05, 0) is 42.2 Å². The van der Waals surface area contributed by atoms with E-state index in [-0.39, 0.29) is 11.3 Å². The maximum absolute atomic E-state index is 13.1. The predicted molar refractivity (Wildman–Crippen MR) is 133 cm³/mol. The molecule has 2 aromatic heterocycles. The minimum absolute atomic E-state index is 0.248. The Bertz CT molecular complexity index is 1190. The standard InChI is InChI=1S/C25H31N3O4S/c1-25(2,3)14-7-8-17-13(9-14)10-16-20(26)22(33-24(16)28-17)23(29)27-15-11-18(30-4)21(32-6)19(12-15)31-5/h10-12,14H,7-9,26H2,1-6H3,(H,27,29). The van der Waals surface area contributed by atoms with Crippen molar-refractivity contribution in [2.24, 2.45) is 11.3 Å². The molecule has 1 unspecified atom stereocenters. The van der Waals surface area contributed by atoms with Gasteiger partial charge in [-0.15, -0.1) is 11.3 Å². The first-order valence-corrected chi connectivity index (χ1v) is 11.8. The highest BCUT2D eigenvalue weighted by Gasteiger charge is 2.30. The maximum atomic E-state index is 13.1. The SMILES string of the molecule is COc1cc(NC(=O)c2sc3nc4c(cc3c2N)CC(C(C)(C)C)CC4)cc(OC)c1OC. The molecule has 0 bridgehead atoms. The minimum atomic E-state index is -0.296. The Labute approximate surface area is 198 Å². The van der Waals surface area contributed by atoms with E-state index >= 15 is 0 Å². The highest BCUT2D eigenvalue weighted by molar-refractivity contribution is 7.21. The van der Waals surface area contributed by atoms with Crippen molar-refractivity contribution in [3.8, 4) is 17.2 Å². The molecule has 0 radical (unpaired) electrons. The fourth-order valence-electron chi connectivity index (χ4n) is 4.44. The number of methoxy groups -OCH3 is 3. The van der Waals surface area contributed by atoms with Gasteiger partial charge in [-0.2, -0.15) is 0 Å². The number of nitrogens with two attached hydrogens (primary N) is 1. The Morgan fingerprint density at radius 2 is 1.79 bits per heavy atom. The number of thiophene rings is 1. The van der Waals surface area contributed by atoms with Crippen LogP contribution in [0.5, 0.6) is 17.2 Å². The number of pyridine rings is 1. The minimum Gasteiger partial charge on any atom is -0.493 e. The fraction of sp³-hybridized carbons (Fsp3) is 0.440. The average Bonchev–Trinajstić information content (AvgIpc) is 3.11. The molecule has 1 atom stereocenters. The van der Waals surface area contributed by atoms with Crippen molar-refractivity contribution in [1.29, 1.82) is 0 Å². The number of hydrogen-bond donors (Lipinski definition) is 2. The number of nitrogens with one attached hydrogen (secondary N) is 1. The van der Waals surface area contributed by atoms with E-state index < -0.39 is 0 Å². The Morgan fingerprint density at radius 3 is 2.36 bits per heavy atom. The molecule has 0 aliphatic heterocycles. The van der Waals surface area contributed by atoms with Crippen molar-refractivity contribution in [2.75, 3.05) is 32.4 Å². The molecule has 2 heterocycles. The molecule has 0 fully saturated rings. The molecule has 1 amide bonds. The van der Waals surface area contributed by atoms with Crippen LogP contribution in [0.4, 0.5) is 11.4 Å². The van der Waals surface area contributed by atoms with E-state index in [4.69, 9.17) is 24.9 Å². The Hall–Kier alpha value is -3.00. The van der Waals surface area contributed by atoms with Crippen LogP contribution >= 0.6 is 11.3 Å². The quantitative estimate of drug-likeness (QED) is 0.526. The first kappa shape index (κ1) is 23.2. The van der Waals surface area contributed by atoms with E-state index in [9.17, 15) is 4.79 Å². The van der Waals surface area contributed by atoms with Crippen molar-refractivity contribution in [3.63, 3.8) is 0 Å². The van der Waals surface area contributed by atoms with Gasteiger partial charge in [-0.1, -0.05) is 20.8 Å². The highest BCUT2D eigenvalue weighted by Crippen LogP contribution is 2.42. The zero-order valence-corrected chi connectivity index (χ0v) is 20.8. The van der Waals surface area contributed by atoms with Crippen LogP contribution in [0.3, 0.4) is 0 Å². The largest absolute Gasteiger partial charge is 0.493 e. The Morgan fingerprint density at radius 1 is 1.12 bits per heavy atom. The summed E-state index contributed by atoms with van der Waals surface area (Å²) in [6.45, 7) is 6.87. The summed E-state index contributed by atoms with van der Waals surface area (Å²) in [6.07, 6.45) is 3.08. The van der Waals surface area contributed by atoms with Crippen molar-refractivity contribution in [2.45, 2.75) is 40.0 Å².